The van der Waals surface area contributed by atoms with Crippen LogP contribution in [0.4, 0.5) is 5.82 Å². The second-order valence-electron chi connectivity index (χ2n) is 3.89. The van der Waals surface area contributed by atoms with E-state index in [4.69, 9.17) is 16.3 Å². The quantitative estimate of drug-likeness (QED) is 0.838. The number of nitrogens with zero attached hydrogens (tertiary/aromatic N) is 1. The molecule has 3 nitrogen and oxygen atoms in total. The Kier molecular flexibility index (Phi) is 4.42. The first-order valence-corrected chi connectivity index (χ1v) is 6.23. The Balaban J connectivity index is 1.93. The van der Waals surface area contributed by atoms with Crippen LogP contribution in [-0.2, 0) is 12.4 Å². The van der Waals surface area contributed by atoms with Gasteiger partial charge < -0.3 is 10.1 Å². The van der Waals surface area contributed by atoms with E-state index in [1.807, 2.05) is 24.3 Å². The summed E-state index contributed by atoms with van der Waals surface area (Å²) < 4.78 is 5.05. The molecule has 0 aliphatic rings. The minimum Gasteiger partial charge on any atom is -0.495 e. The maximum Gasteiger partial charge on any atom is 0.137 e. The van der Waals surface area contributed by atoms with Crippen LogP contribution in [0.3, 0.4) is 0 Å². The van der Waals surface area contributed by atoms with E-state index in [0.29, 0.717) is 5.88 Å². The topological polar surface area (TPSA) is 34.1 Å². The van der Waals surface area contributed by atoms with Gasteiger partial charge in [0.15, 0.2) is 0 Å². The van der Waals surface area contributed by atoms with E-state index in [-0.39, 0.29) is 0 Å². The molecule has 1 aromatic carbocycles. The lowest BCUT2D eigenvalue weighted by Crippen LogP contribution is -2.01. The predicted octanol–water partition coefficient (Wildman–Crippen LogP) is 3.44. The molecule has 0 saturated heterocycles. The number of alkyl halides is 1. The van der Waals surface area contributed by atoms with E-state index in [1.165, 1.54) is 5.56 Å². The second-order valence-corrected chi connectivity index (χ2v) is 4.15. The fourth-order valence-corrected chi connectivity index (χ4v) is 1.72. The van der Waals surface area contributed by atoms with Crippen LogP contribution in [0.5, 0.6) is 5.75 Å². The van der Waals surface area contributed by atoms with Gasteiger partial charge in [-0.3, -0.25) is 0 Å². The SMILES string of the molecule is COc1ccc(NCc2ccc(CCl)cc2)nc1. The summed E-state index contributed by atoms with van der Waals surface area (Å²) in [4.78, 5) is 4.24. The third-order valence-corrected chi connectivity index (χ3v) is 2.93. The van der Waals surface area contributed by atoms with Crippen molar-refractivity contribution >= 4 is 17.4 Å². The van der Waals surface area contributed by atoms with Gasteiger partial charge in [-0.05, 0) is 23.3 Å². The summed E-state index contributed by atoms with van der Waals surface area (Å²) in [5, 5.41) is 3.25. The van der Waals surface area contributed by atoms with Crippen molar-refractivity contribution < 1.29 is 4.74 Å². The number of nitrogens with one attached hydrogen (secondary N) is 1. The van der Waals surface area contributed by atoms with E-state index < -0.39 is 0 Å². The van der Waals surface area contributed by atoms with Gasteiger partial charge in [0.05, 0.1) is 13.3 Å². The summed E-state index contributed by atoms with van der Waals surface area (Å²) in [7, 11) is 1.63. The Labute approximate surface area is 112 Å². The smallest absolute Gasteiger partial charge is 0.137 e. The molecule has 18 heavy (non-hydrogen) atoms. The highest BCUT2D eigenvalue weighted by Crippen LogP contribution is 2.13. The normalized spacial score (nSPS) is 10.1. The molecule has 0 bridgehead atoms. The standard InChI is InChI=1S/C14H15ClN2O/c1-18-13-6-7-14(17-10-13)16-9-12-4-2-11(8-15)3-5-12/h2-7,10H,8-9H2,1H3,(H,16,17). The number of hydrogen-bond donors (Lipinski definition) is 1. The van der Waals surface area contributed by atoms with Gasteiger partial charge in [-0.1, -0.05) is 24.3 Å². The van der Waals surface area contributed by atoms with Gasteiger partial charge in [-0.15, -0.1) is 11.6 Å². The highest BCUT2D eigenvalue weighted by atomic mass is 35.5. The largest absolute Gasteiger partial charge is 0.495 e. The number of methoxy groups -OCH3 is 1. The number of hydrogen-bond acceptors (Lipinski definition) is 3. The van der Waals surface area contributed by atoms with Crippen molar-refractivity contribution in [3.8, 4) is 5.75 Å². The molecular formula is C14H15ClN2O. The van der Waals surface area contributed by atoms with Gasteiger partial charge >= 0.3 is 0 Å². The van der Waals surface area contributed by atoms with Crippen LogP contribution in [0, 0.1) is 0 Å². The van der Waals surface area contributed by atoms with Gasteiger partial charge in [0.25, 0.3) is 0 Å². The zero-order valence-electron chi connectivity index (χ0n) is 10.2. The van der Waals surface area contributed by atoms with Crippen molar-refractivity contribution in [1.29, 1.82) is 0 Å². The molecule has 2 aromatic rings. The zero-order chi connectivity index (χ0) is 12.8. The molecule has 0 aliphatic carbocycles. The molecule has 0 spiro atoms. The van der Waals surface area contributed by atoms with Crippen molar-refractivity contribution in [3.63, 3.8) is 0 Å². The van der Waals surface area contributed by atoms with Gasteiger partial charge in [0, 0.05) is 12.4 Å². The zero-order valence-corrected chi connectivity index (χ0v) is 10.9. The average molecular weight is 263 g/mol. The molecule has 0 fully saturated rings. The van der Waals surface area contributed by atoms with Crippen LogP contribution < -0.4 is 10.1 Å². The predicted molar refractivity (Wildman–Crippen MR) is 74.1 cm³/mol. The van der Waals surface area contributed by atoms with E-state index in [1.54, 1.807) is 13.3 Å². The fraction of sp³-hybridized carbons (Fsp3) is 0.214. The van der Waals surface area contributed by atoms with E-state index in [9.17, 15) is 0 Å². The minimum atomic E-state index is 0.549. The first-order chi connectivity index (χ1) is 8.81. The number of anilines is 1. The van der Waals surface area contributed by atoms with Crippen molar-refractivity contribution in [2.45, 2.75) is 12.4 Å². The molecule has 1 aromatic heterocycles. The lowest BCUT2D eigenvalue weighted by Gasteiger charge is -2.07. The van der Waals surface area contributed by atoms with Gasteiger partial charge in [-0.25, -0.2) is 4.98 Å². The molecule has 0 saturated carbocycles. The summed E-state index contributed by atoms with van der Waals surface area (Å²) in [6.07, 6.45) is 1.69. The first kappa shape index (κ1) is 12.7. The van der Waals surface area contributed by atoms with Crippen LogP contribution in [0.15, 0.2) is 42.6 Å². The molecule has 94 valence electrons. The molecule has 1 heterocycles. The number of aromatic nitrogens is 1. The second kappa shape index (κ2) is 6.26. The Morgan fingerprint density at radius 1 is 1.11 bits per heavy atom. The molecule has 4 heteroatoms. The number of pyridine rings is 1. The third-order valence-electron chi connectivity index (χ3n) is 2.62. The van der Waals surface area contributed by atoms with Crippen LogP contribution in [0.1, 0.15) is 11.1 Å². The van der Waals surface area contributed by atoms with E-state index in [0.717, 1.165) is 23.7 Å². The molecule has 1 N–H and O–H groups in total. The summed E-state index contributed by atoms with van der Waals surface area (Å²) >= 11 is 5.74. The van der Waals surface area contributed by atoms with Crippen molar-refractivity contribution in [1.82, 2.24) is 4.98 Å². The molecule has 0 radical (unpaired) electrons. The Morgan fingerprint density at radius 3 is 2.39 bits per heavy atom. The van der Waals surface area contributed by atoms with Crippen molar-refractivity contribution in [2.75, 3.05) is 12.4 Å². The number of ether oxygens (including phenoxy) is 1. The maximum atomic E-state index is 5.74. The number of halogens is 1. The highest BCUT2D eigenvalue weighted by molar-refractivity contribution is 6.17. The maximum absolute atomic E-state index is 5.74. The van der Waals surface area contributed by atoms with Crippen molar-refractivity contribution in [2.24, 2.45) is 0 Å². The van der Waals surface area contributed by atoms with Gasteiger partial charge in [0.2, 0.25) is 0 Å². The van der Waals surface area contributed by atoms with Crippen molar-refractivity contribution in [3.05, 3.63) is 53.7 Å². The fourth-order valence-electron chi connectivity index (χ4n) is 1.54. The molecule has 0 aliphatic heterocycles. The average Bonchev–Trinajstić information content (AvgIpc) is 2.46. The van der Waals surface area contributed by atoms with Crippen LogP contribution in [-0.4, -0.2) is 12.1 Å². The summed E-state index contributed by atoms with van der Waals surface area (Å²) in [6, 6.07) is 12.0. The van der Waals surface area contributed by atoms with E-state index >= 15 is 0 Å². The molecule has 2 rings (SSSR count). The van der Waals surface area contributed by atoms with Gasteiger partial charge in [0.1, 0.15) is 11.6 Å². The third kappa shape index (κ3) is 3.37. The molecule has 0 unspecified atom stereocenters. The summed E-state index contributed by atoms with van der Waals surface area (Å²) in [6.45, 7) is 0.738. The first-order valence-electron chi connectivity index (χ1n) is 5.69. The Bertz CT molecular complexity index is 435. The van der Waals surface area contributed by atoms with Crippen LogP contribution >= 0.6 is 11.6 Å². The van der Waals surface area contributed by atoms with E-state index in [2.05, 4.69) is 22.4 Å². The Morgan fingerprint density at radius 2 is 1.83 bits per heavy atom. The lowest BCUT2D eigenvalue weighted by molar-refractivity contribution is 0.413. The lowest BCUT2D eigenvalue weighted by atomic mass is 10.1. The number of rotatable bonds is 5. The van der Waals surface area contributed by atoms with Crippen LogP contribution in [0.25, 0.3) is 0 Å². The number of benzene rings is 1. The minimum absolute atomic E-state index is 0.549. The van der Waals surface area contributed by atoms with Crippen LogP contribution in [0.2, 0.25) is 0 Å². The summed E-state index contributed by atoms with van der Waals surface area (Å²) in [5.41, 5.74) is 2.32. The summed E-state index contributed by atoms with van der Waals surface area (Å²) in [5.74, 6) is 2.14. The monoisotopic (exact) mass is 262 g/mol. The Hall–Kier alpha value is -1.74. The van der Waals surface area contributed by atoms with Gasteiger partial charge in [-0.2, -0.15) is 0 Å². The molecule has 0 atom stereocenters. The molecular weight excluding hydrogens is 248 g/mol. The molecule has 0 amide bonds. The highest BCUT2D eigenvalue weighted by Gasteiger charge is 1.97.